The molecule has 0 saturated carbocycles. The molecule has 0 N–H and O–H groups in total. The number of hydrogen-bond donors (Lipinski definition) is 0. The van der Waals surface area contributed by atoms with Crippen LogP contribution in [0.2, 0.25) is 5.02 Å². The molecule has 1 aromatic rings. The number of carbonyl (C=O) groups is 1. The molecular formula is C12H13BrClNO3. The third-order valence-corrected chi connectivity index (χ3v) is 4.03. The summed E-state index contributed by atoms with van der Waals surface area (Å²) in [5.74, 6) is 1.13. The van der Waals surface area contributed by atoms with Crippen molar-refractivity contribution in [2.75, 3.05) is 25.7 Å². The van der Waals surface area contributed by atoms with Crippen LogP contribution in [0.3, 0.4) is 0 Å². The zero-order valence-electron chi connectivity index (χ0n) is 10.1. The van der Waals surface area contributed by atoms with Crippen molar-refractivity contribution in [3.63, 3.8) is 0 Å². The van der Waals surface area contributed by atoms with Gasteiger partial charge < -0.3 is 14.4 Å². The van der Waals surface area contributed by atoms with Gasteiger partial charge in [0.2, 0.25) is 5.91 Å². The van der Waals surface area contributed by atoms with E-state index in [0.29, 0.717) is 28.8 Å². The fourth-order valence-electron chi connectivity index (χ4n) is 1.94. The van der Waals surface area contributed by atoms with Gasteiger partial charge in [-0.2, -0.15) is 0 Å². The lowest BCUT2D eigenvalue weighted by Crippen LogP contribution is -2.27. The number of hydrogen-bond acceptors (Lipinski definition) is 3. The smallest absolute Gasteiger partial charge is 0.240 e. The van der Waals surface area contributed by atoms with E-state index >= 15 is 0 Å². The van der Waals surface area contributed by atoms with Crippen molar-refractivity contribution in [2.24, 2.45) is 0 Å². The first-order valence-electron chi connectivity index (χ1n) is 5.45. The molecule has 0 bridgehead atoms. The Kier molecular flexibility index (Phi) is 4.02. The first-order valence-corrected chi connectivity index (χ1v) is 6.74. The standard InChI is InChI=1S/C12H13BrClNO3/c1-17-10-6-11(18-2)9(5-8(10)14)15-4-3-7(13)12(15)16/h5-7H,3-4H2,1-2H3. The summed E-state index contributed by atoms with van der Waals surface area (Å²) >= 11 is 9.44. The summed E-state index contributed by atoms with van der Waals surface area (Å²) in [4.78, 5) is 13.5. The molecule has 1 aliphatic heterocycles. The highest BCUT2D eigenvalue weighted by atomic mass is 79.9. The molecule has 1 aromatic carbocycles. The lowest BCUT2D eigenvalue weighted by molar-refractivity contribution is -0.116. The molecule has 1 unspecified atom stereocenters. The molecule has 1 fully saturated rings. The van der Waals surface area contributed by atoms with Gasteiger partial charge in [0.15, 0.2) is 0 Å². The molecule has 18 heavy (non-hydrogen) atoms. The van der Waals surface area contributed by atoms with Crippen LogP contribution >= 0.6 is 27.5 Å². The van der Waals surface area contributed by atoms with Gasteiger partial charge in [0.05, 0.1) is 29.8 Å². The Labute approximate surface area is 119 Å². The number of anilines is 1. The minimum atomic E-state index is -0.136. The first kappa shape index (κ1) is 13.5. The summed E-state index contributed by atoms with van der Waals surface area (Å²) in [6.45, 7) is 0.647. The molecule has 4 nitrogen and oxygen atoms in total. The Morgan fingerprint density at radius 1 is 1.33 bits per heavy atom. The molecule has 6 heteroatoms. The molecule has 2 rings (SSSR count). The van der Waals surface area contributed by atoms with Gasteiger partial charge in [0, 0.05) is 12.6 Å². The number of alkyl halides is 1. The second-order valence-corrected chi connectivity index (χ2v) is 5.42. The van der Waals surface area contributed by atoms with E-state index in [1.165, 1.54) is 7.11 Å². The molecule has 1 saturated heterocycles. The molecule has 0 spiro atoms. The normalized spacial score (nSPS) is 19.2. The highest BCUT2D eigenvalue weighted by Crippen LogP contribution is 2.40. The number of ether oxygens (including phenoxy) is 2. The number of nitrogens with zero attached hydrogens (tertiary/aromatic N) is 1. The monoisotopic (exact) mass is 333 g/mol. The molecule has 1 aliphatic rings. The van der Waals surface area contributed by atoms with E-state index in [-0.39, 0.29) is 10.7 Å². The van der Waals surface area contributed by atoms with Gasteiger partial charge >= 0.3 is 0 Å². The van der Waals surface area contributed by atoms with Crippen LogP contribution < -0.4 is 14.4 Å². The number of carbonyl (C=O) groups excluding carboxylic acids is 1. The van der Waals surface area contributed by atoms with Gasteiger partial charge in [-0.25, -0.2) is 0 Å². The zero-order chi connectivity index (χ0) is 13.3. The number of amides is 1. The second kappa shape index (κ2) is 5.36. The second-order valence-electron chi connectivity index (χ2n) is 3.90. The zero-order valence-corrected chi connectivity index (χ0v) is 12.4. The van der Waals surface area contributed by atoms with E-state index in [2.05, 4.69) is 15.9 Å². The van der Waals surface area contributed by atoms with Gasteiger partial charge in [0.1, 0.15) is 11.5 Å². The quantitative estimate of drug-likeness (QED) is 0.798. The van der Waals surface area contributed by atoms with Gasteiger partial charge in [-0.1, -0.05) is 27.5 Å². The summed E-state index contributed by atoms with van der Waals surface area (Å²) in [5.41, 5.74) is 0.676. The average Bonchev–Trinajstić information content (AvgIpc) is 2.70. The van der Waals surface area contributed by atoms with E-state index in [4.69, 9.17) is 21.1 Å². The summed E-state index contributed by atoms with van der Waals surface area (Å²) in [6, 6.07) is 3.38. The molecule has 98 valence electrons. The molecule has 1 heterocycles. The minimum absolute atomic E-state index is 0.0227. The maximum atomic E-state index is 12.0. The number of halogens is 2. The van der Waals surface area contributed by atoms with Crippen LogP contribution in [0, 0.1) is 0 Å². The molecular weight excluding hydrogens is 321 g/mol. The summed E-state index contributed by atoms with van der Waals surface area (Å²) in [6.07, 6.45) is 0.769. The van der Waals surface area contributed by atoms with Crippen LogP contribution in [0.5, 0.6) is 11.5 Å². The van der Waals surface area contributed by atoms with Crippen molar-refractivity contribution >= 4 is 39.1 Å². The minimum Gasteiger partial charge on any atom is -0.495 e. The van der Waals surface area contributed by atoms with Crippen molar-refractivity contribution in [3.8, 4) is 11.5 Å². The lowest BCUT2D eigenvalue weighted by atomic mass is 10.2. The van der Waals surface area contributed by atoms with Gasteiger partial charge in [-0.15, -0.1) is 0 Å². The summed E-state index contributed by atoms with van der Waals surface area (Å²) in [7, 11) is 3.09. The SMILES string of the molecule is COc1cc(OC)c(N2CCC(Br)C2=O)cc1Cl. The Morgan fingerprint density at radius 3 is 2.50 bits per heavy atom. The highest BCUT2D eigenvalue weighted by Gasteiger charge is 2.32. The average molecular weight is 335 g/mol. The number of rotatable bonds is 3. The third-order valence-electron chi connectivity index (χ3n) is 2.88. The fourth-order valence-corrected chi connectivity index (χ4v) is 2.63. The molecule has 0 aromatic heterocycles. The Bertz CT molecular complexity index is 481. The Morgan fingerprint density at radius 2 is 2.00 bits per heavy atom. The van der Waals surface area contributed by atoms with Crippen molar-refractivity contribution in [3.05, 3.63) is 17.2 Å². The maximum Gasteiger partial charge on any atom is 0.240 e. The molecule has 1 atom stereocenters. The predicted molar refractivity (Wildman–Crippen MR) is 74.2 cm³/mol. The van der Waals surface area contributed by atoms with Crippen molar-refractivity contribution < 1.29 is 14.3 Å². The van der Waals surface area contributed by atoms with Gasteiger partial charge in [-0.3, -0.25) is 4.79 Å². The first-order chi connectivity index (χ1) is 8.58. The van der Waals surface area contributed by atoms with Crippen LogP contribution in [0.4, 0.5) is 5.69 Å². The number of methoxy groups -OCH3 is 2. The summed E-state index contributed by atoms with van der Waals surface area (Å²) < 4.78 is 10.4. The van der Waals surface area contributed by atoms with Crippen LogP contribution in [-0.2, 0) is 4.79 Å². The highest BCUT2D eigenvalue weighted by molar-refractivity contribution is 9.10. The predicted octanol–water partition coefficient (Wildman–Crippen LogP) is 2.86. The third kappa shape index (κ3) is 2.29. The van der Waals surface area contributed by atoms with Crippen molar-refractivity contribution in [1.29, 1.82) is 0 Å². The largest absolute Gasteiger partial charge is 0.495 e. The van der Waals surface area contributed by atoms with E-state index in [1.54, 1.807) is 24.1 Å². The van der Waals surface area contributed by atoms with E-state index in [0.717, 1.165) is 6.42 Å². The van der Waals surface area contributed by atoms with Crippen molar-refractivity contribution in [1.82, 2.24) is 0 Å². The van der Waals surface area contributed by atoms with Crippen LogP contribution in [0.25, 0.3) is 0 Å². The van der Waals surface area contributed by atoms with E-state index in [1.807, 2.05) is 0 Å². The van der Waals surface area contributed by atoms with Crippen LogP contribution in [0.15, 0.2) is 12.1 Å². The van der Waals surface area contributed by atoms with E-state index < -0.39 is 0 Å². The molecule has 0 aliphatic carbocycles. The van der Waals surface area contributed by atoms with Crippen LogP contribution in [0.1, 0.15) is 6.42 Å². The van der Waals surface area contributed by atoms with Gasteiger partial charge in [0.25, 0.3) is 0 Å². The van der Waals surface area contributed by atoms with E-state index in [9.17, 15) is 4.79 Å². The van der Waals surface area contributed by atoms with Gasteiger partial charge in [-0.05, 0) is 12.5 Å². The Hall–Kier alpha value is -0.940. The number of benzene rings is 1. The van der Waals surface area contributed by atoms with Crippen molar-refractivity contribution in [2.45, 2.75) is 11.2 Å². The topological polar surface area (TPSA) is 38.8 Å². The Balaban J connectivity index is 2.44. The lowest BCUT2D eigenvalue weighted by Gasteiger charge is -2.20. The fraction of sp³-hybridized carbons (Fsp3) is 0.417. The maximum absolute atomic E-state index is 12.0. The summed E-state index contributed by atoms with van der Waals surface area (Å²) in [5, 5.41) is 0.458. The van der Waals surface area contributed by atoms with Crippen LogP contribution in [-0.4, -0.2) is 31.5 Å². The molecule has 0 radical (unpaired) electrons. The molecule has 1 amide bonds.